The number of hydrogen-bond acceptors (Lipinski definition) is 2. The minimum atomic E-state index is 0.816. The van der Waals surface area contributed by atoms with Gasteiger partial charge in [0.15, 0.2) is 0 Å². The molecule has 0 unspecified atom stereocenters. The molecule has 0 radical (unpaired) electrons. The molecule has 0 amide bonds. The smallest absolute Gasteiger partial charge is 0.0320 e. The summed E-state index contributed by atoms with van der Waals surface area (Å²) in [6.07, 6.45) is 0. The minimum absolute atomic E-state index is 0.816. The first-order valence-corrected chi connectivity index (χ1v) is 6.09. The number of nitrogen functional groups attached to an aromatic ring is 1. The van der Waals surface area contributed by atoms with Gasteiger partial charge in [-0.2, -0.15) is 11.3 Å². The van der Waals surface area contributed by atoms with E-state index >= 15 is 0 Å². The predicted octanol–water partition coefficient (Wildman–Crippen LogP) is 4.15. The van der Waals surface area contributed by atoms with Crippen molar-refractivity contribution < 1.29 is 0 Å². The second-order valence-electron chi connectivity index (χ2n) is 3.83. The number of hydrogen-bond donors (Lipinski definition) is 1. The predicted molar refractivity (Wildman–Crippen MR) is 71.7 cm³/mol. The van der Waals surface area contributed by atoms with Crippen molar-refractivity contribution in [3.8, 4) is 11.1 Å². The van der Waals surface area contributed by atoms with Crippen LogP contribution in [0.1, 0.15) is 0 Å². The first kappa shape index (κ1) is 9.43. The summed E-state index contributed by atoms with van der Waals surface area (Å²) >= 11 is 1.72. The summed E-state index contributed by atoms with van der Waals surface area (Å²) in [7, 11) is 0. The monoisotopic (exact) mass is 225 g/mol. The van der Waals surface area contributed by atoms with E-state index in [1.54, 1.807) is 11.3 Å². The average Bonchev–Trinajstić information content (AvgIpc) is 2.82. The molecule has 0 saturated carbocycles. The lowest BCUT2D eigenvalue weighted by molar-refractivity contribution is 1.70. The third-order valence-electron chi connectivity index (χ3n) is 2.72. The van der Waals surface area contributed by atoms with Crippen LogP contribution in [-0.4, -0.2) is 0 Å². The number of rotatable bonds is 1. The Balaban J connectivity index is 2.20. The number of benzene rings is 2. The summed E-state index contributed by atoms with van der Waals surface area (Å²) in [5, 5.41) is 6.69. The highest BCUT2D eigenvalue weighted by Gasteiger charge is 2.00. The van der Waals surface area contributed by atoms with Gasteiger partial charge in [0.25, 0.3) is 0 Å². The molecule has 0 aliphatic rings. The number of anilines is 1. The van der Waals surface area contributed by atoms with Crippen molar-refractivity contribution >= 4 is 27.8 Å². The summed E-state index contributed by atoms with van der Waals surface area (Å²) in [6.45, 7) is 0. The van der Waals surface area contributed by atoms with Crippen LogP contribution < -0.4 is 5.73 Å². The van der Waals surface area contributed by atoms with Crippen LogP contribution in [0.25, 0.3) is 21.9 Å². The molecule has 1 aromatic heterocycles. The van der Waals surface area contributed by atoms with Gasteiger partial charge < -0.3 is 5.73 Å². The molecular weight excluding hydrogens is 214 g/mol. The van der Waals surface area contributed by atoms with Crippen molar-refractivity contribution in [2.75, 3.05) is 5.73 Å². The van der Waals surface area contributed by atoms with E-state index in [-0.39, 0.29) is 0 Å². The van der Waals surface area contributed by atoms with Gasteiger partial charge in [0.2, 0.25) is 0 Å². The van der Waals surface area contributed by atoms with E-state index in [2.05, 4.69) is 41.1 Å². The van der Waals surface area contributed by atoms with Crippen LogP contribution in [-0.2, 0) is 0 Å². The highest BCUT2D eigenvalue weighted by atomic mass is 32.1. The van der Waals surface area contributed by atoms with Crippen LogP contribution in [0.5, 0.6) is 0 Å². The lowest BCUT2D eigenvalue weighted by atomic mass is 10.0. The normalized spacial score (nSPS) is 10.8. The van der Waals surface area contributed by atoms with E-state index in [1.165, 1.54) is 21.9 Å². The largest absolute Gasteiger partial charge is 0.399 e. The van der Waals surface area contributed by atoms with Gasteiger partial charge in [-0.3, -0.25) is 0 Å². The van der Waals surface area contributed by atoms with Gasteiger partial charge in [-0.25, -0.2) is 0 Å². The van der Waals surface area contributed by atoms with Crippen molar-refractivity contribution in [3.05, 3.63) is 53.2 Å². The third kappa shape index (κ3) is 1.57. The van der Waals surface area contributed by atoms with Crippen molar-refractivity contribution in [1.82, 2.24) is 0 Å². The summed E-state index contributed by atoms with van der Waals surface area (Å²) < 4.78 is 0. The Bertz CT molecular complexity index is 626. The van der Waals surface area contributed by atoms with Gasteiger partial charge in [0.05, 0.1) is 0 Å². The summed E-state index contributed by atoms with van der Waals surface area (Å²) in [5.74, 6) is 0. The molecule has 0 saturated heterocycles. The molecule has 3 aromatic rings. The van der Waals surface area contributed by atoms with E-state index in [0.29, 0.717) is 0 Å². The Morgan fingerprint density at radius 2 is 1.62 bits per heavy atom. The molecule has 2 aromatic carbocycles. The van der Waals surface area contributed by atoms with Gasteiger partial charge >= 0.3 is 0 Å². The Morgan fingerprint density at radius 1 is 0.812 bits per heavy atom. The molecule has 0 bridgehead atoms. The minimum Gasteiger partial charge on any atom is -0.399 e. The molecule has 1 nitrogen and oxygen atoms in total. The van der Waals surface area contributed by atoms with Crippen molar-refractivity contribution in [2.24, 2.45) is 0 Å². The second kappa shape index (κ2) is 3.65. The molecule has 2 N–H and O–H groups in total. The maximum Gasteiger partial charge on any atom is 0.0320 e. The van der Waals surface area contributed by atoms with E-state index < -0.39 is 0 Å². The Morgan fingerprint density at radius 3 is 2.44 bits per heavy atom. The summed E-state index contributed by atoms with van der Waals surface area (Å²) in [6, 6.07) is 14.6. The molecular formula is C14H11NS. The van der Waals surface area contributed by atoms with Crippen LogP contribution in [0.2, 0.25) is 0 Å². The van der Waals surface area contributed by atoms with Crippen LogP contribution >= 0.6 is 11.3 Å². The van der Waals surface area contributed by atoms with Crippen LogP contribution in [0.3, 0.4) is 0 Å². The topological polar surface area (TPSA) is 26.0 Å². The number of fused-ring (bicyclic) bond motifs is 1. The zero-order valence-corrected chi connectivity index (χ0v) is 9.50. The zero-order valence-electron chi connectivity index (χ0n) is 8.68. The Labute approximate surface area is 98.2 Å². The average molecular weight is 225 g/mol. The highest BCUT2D eigenvalue weighted by Crippen LogP contribution is 2.26. The SMILES string of the molecule is Nc1ccc2cc(-c3ccsc3)ccc2c1. The van der Waals surface area contributed by atoms with Crippen molar-refractivity contribution in [2.45, 2.75) is 0 Å². The van der Waals surface area contributed by atoms with Gasteiger partial charge in [0.1, 0.15) is 0 Å². The molecule has 0 fully saturated rings. The molecule has 3 rings (SSSR count). The maximum absolute atomic E-state index is 5.76. The molecule has 0 aliphatic heterocycles. The fraction of sp³-hybridized carbons (Fsp3) is 0. The summed E-state index contributed by atoms with van der Waals surface area (Å²) in [4.78, 5) is 0. The zero-order chi connectivity index (χ0) is 11.0. The lowest BCUT2D eigenvalue weighted by Crippen LogP contribution is -1.83. The third-order valence-corrected chi connectivity index (χ3v) is 3.40. The molecule has 0 spiro atoms. The van der Waals surface area contributed by atoms with E-state index in [1.807, 2.05) is 12.1 Å². The lowest BCUT2D eigenvalue weighted by Gasteiger charge is -2.02. The highest BCUT2D eigenvalue weighted by molar-refractivity contribution is 7.08. The van der Waals surface area contributed by atoms with Gasteiger partial charge in [0, 0.05) is 5.69 Å². The van der Waals surface area contributed by atoms with Crippen molar-refractivity contribution in [1.29, 1.82) is 0 Å². The number of thiophene rings is 1. The van der Waals surface area contributed by atoms with Gasteiger partial charge in [-0.15, -0.1) is 0 Å². The Kier molecular flexibility index (Phi) is 2.15. The quantitative estimate of drug-likeness (QED) is 0.618. The van der Waals surface area contributed by atoms with Crippen molar-refractivity contribution in [3.63, 3.8) is 0 Å². The molecule has 0 atom stereocenters. The van der Waals surface area contributed by atoms with Crippen LogP contribution in [0.4, 0.5) is 5.69 Å². The first-order valence-electron chi connectivity index (χ1n) is 5.15. The molecule has 78 valence electrons. The molecule has 1 heterocycles. The molecule has 2 heteroatoms. The Hall–Kier alpha value is -1.80. The standard InChI is InChI=1S/C14H11NS/c15-14-4-3-10-7-11(1-2-12(10)8-14)13-5-6-16-9-13/h1-9H,15H2. The fourth-order valence-corrected chi connectivity index (χ4v) is 2.54. The second-order valence-corrected chi connectivity index (χ2v) is 4.61. The maximum atomic E-state index is 5.76. The van der Waals surface area contributed by atoms with E-state index in [9.17, 15) is 0 Å². The molecule has 16 heavy (non-hydrogen) atoms. The summed E-state index contributed by atoms with van der Waals surface area (Å²) in [5.41, 5.74) is 9.12. The van der Waals surface area contributed by atoms with E-state index in [0.717, 1.165) is 5.69 Å². The number of nitrogens with two attached hydrogens (primary N) is 1. The van der Waals surface area contributed by atoms with Crippen LogP contribution in [0, 0.1) is 0 Å². The first-order chi connectivity index (χ1) is 7.83. The molecule has 0 aliphatic carbocycles. The van der Waals surface area contributed by atoms with Crippen LogP contribution in [0.15, 0.2) is 53.2 Å². The van der Waals surface area contributed by atoms with Gasteiger partial charge in [-0.1, -0.05) is 18.2 Å². The fourth-order valence-electron chi connectivity index (χ4n) is 1.87. The van der Waals surface area contributed by atoms with Gasteiger partial charge in [-0.05, 0) is 56.9 Å². The van der Waals surface area contributed by atoms with E-state index in [4.69, 9.17) is 5.73 Å².